The molecule has 4 aromatic carbocycles. The summed E-state index contributed by atoms with van der Waals surface area (Å²) in [6, 6.07) is 9.18. The second-order valence-corrected chi connectivity index (χ2v) is 9.74. The molecule has 0 amide bonds. The number of carbonyl (C=O) groups is 4. The van der Waals surface area contributed by atoms with E-state index >= 15 is 0 Å². The van der Waals surface area contributed by atoms with Crippen molar-refractivity contribution >= 4 is 45.4 Å². The number of carbonyl (C=O) groups excluding carboxylic acids is 4. The molecule has 0 heterocycles. The van der Waals surface area contributed by atoms with Crippen LogP contribution in [0.2, 0.25) is 0 Å². The highest BCUT2D eigenvalue weighted by atomic mass is 16.5. The zero-order chi connectivity index (χ0) is 33.7. The summed E-state index contributed by atoms with van der Waals surface area (Å²) in [6.07, 6.45) is 0. The van der Waals surface area contributed by atoms with Crippen LogP contribution in [0.25, 0.3) is 32.7 Å². The first-order valence-corrected chi connectivity index (χ1v) is 14.2. The van der Waals surface area contributed by atoms with Crippen molar-refractivity contribution in [1.29, 1.82) is 0 Å². The Kier molecular flexibility index (Phi) is 10.2. The van der Waals surface area contributed by atoms with Crippen molar-refractivity contribution in [3.05, 3.63) is 47.5 Å². The number of ether oxygens (including phenoxy) is 8. The van der Waals surface area contributed by atoms with Gasteiger partial charge in [-0.1, -0.05) is 0 Å². The van der Waals surface area contributed by atoms with E-state index in [0.29, 0.717) is 32.7 Å². The summed E-state index contributed by atoms with van der Waals surface area (Å²) in [5.41, 5.74) is 0.919. The molecule has 0 bridgehead atoms. The molecule has 0 saturated carbocycles. The Hall–Kier alpha value is -5.52. The molecule has 46 heavy (non-hydrogen) atoms. The predicted molar refractivity (Wildman–Crippen MR) is 168 cm³/mol. The maximum atomic E-state index is 12.9. The van der Waals surface area contributed by atoms with Gasteiger partial charge >= 0.3 is 23.9 Å². The van der Waals surface area contributed by atoms with Gasteiger partial charge in [0.05, 0.1) is 63.9 Å². The van der Waals surface area contributed by atoms with E-state index < -0.39 is 23.9 Å². The molecule has 0 spiro atoms. The first-order chi connectivity index (χ1) is 22.0. The van der Waals surface area contributed by atoms with Crippen LogP contribution in [0.15, 0.2) is 36.4 Å². The van der Waals surface area contributed by atoms with Crippen molar-refractivity contribution < 1.29 is 57.1 Å². The maximum absolute atomic E-state index is 12.9. The molecule has 12 nitrogen and oxygen atoms in total. The molecular weight excluding hydrogens is 600 g/mol. The molecule has 12 heteroatoms. The molecule has 242 valence electrons. The minimum Gasteiger partial charge on any atom is -0.496 e. The summed E-state index contributed by atoms with van der Waals surface area (Å²) >= 11 is 0. The van der Waals surface area contributed by atoms with Crippen molar-refractivity contribution in [3.63, 3.8) is 0 Å². The fourth-order valence-electron chi connectivity index (χ4n) is 5.19. The lowest BCUT2D eigenvalue weighted by Crippen LogP contribution is -2.09. The van der Waals surface area contributed by atoms with Gasteiger partial charge < -0.3 is 37.9 Å². The van der Waals surface area contributed by atoms with Crippen LogP contribution in [0.3, 0.4) is 0 Å². The first kappa shape index (κ1) is 33.4. The Morgan fingerprint density at radius 3 is 1.15 bits per heavy atom. The van der Waals surface area contributed by atoms with Gasteiger partial charge in [0.15, 0.2) is 0 Å². The molecule has 4 aromatic rings. The van der Waals surface area contributed by atoms with Gasteiger partial charge in [0.25, 0.3) is 0 Å². The second-order valence-electron chi connectivity index (χ2n) is 9.74. The molecule has 0 fully saturated rings. The Morgan fingerprint density at radius 2 is 0.870 bits per heavy atom. The van der Waals surface area contributed by atoms with Gasteiger partial charge in [0, 0.05) is 35.4 Å². The fraction of sp³-hybridized carbons (Fsp3) is 0.294. The van der Waals surface area contributed by atoms with Crippen LogP contribution in [0.1, 0.15) is 48.4 Å². The van der Waals surface area contributed by atoms with Crippen LogP contribution in [0.4, 0.5) is 0 Å². The van der Waals surface area contributed by atoms with Gasteiger partial charge in [0.2, 0.25) is 0 Å². The monoisotopic (exact) mass is 634 g/mol. The molecule has 0 aliphatic rings. The standard InChI is InChI=1S/C34H34O12/c1-9-43-33(37)19-11-23-21(25(13-19)45-17(3)35)15-27(39-5)29(31(23)41-7)30-28(40-6)16-22-24(32(30)42-8)12-20(34(38)44-10-2)14-26(22)46-18(4)36/h11-16H,9-10H2,1-8H3. The van der Waals surface area contributed by atoms with E-state index in [2.05, 4.69) is 0 Å². The average Bonchev–Trinajstić information content (AvgIpc) is 3.02. The quantitative estimate of drug-likeness (QED) is 0.143. The molecule has 0 aliphatic heterocycles. The average molecular weight is 635 g/mol. The third-order valence-corrected chi connectivity index (χ3v) is 6.90. The molecule has 0 aromatic heterocycles. The van der Waals surface area contributed by atoms with Crippen molar-refractivity contribution in [2.24, 2.45) is 0 Å². The van der Waals surface area contributed by atoms with Crippen LogP contribution in [-0.4, -0.2) is 65.5 Å². The van der Waals surface area contributed by atoms with Crippen molar-refractivity contribution in [2.75, 3.05) is 41.7 Å². The smallest absolute Gasteiger partial charge is 0.338 e. The highest BCUT2D eigenvalue weighted by Crippen LogP contribution is 2.54. The predicted octanol–water partition coefficient (Wildman–Crippen LogP) is 5.90. The molecule has 0 aliphatic carbocycles. The highest BCUT2D eigenvalue weighted by molar-refractivity contribution is 6.11. The molecule has 0 atom stereocenters. The van der Waals surface area contributed by atoms with E-state index in [0.717, 1.165) is 0 Å². The Labute approximate surface area is 265 Å². The molecule has 4 rings (SSSR count). The van der Waals surface area contributed by atoms with E-state index in [9.17, 15) is 19.2 Å². The molecule has 0 radical (unpaired) electrons. The topological polar surface area (TPSA) is 142 Å². The molecule has 0 unspecified atom stereocenters. The molecule has 0 saturated heterocycles. The van der Waals surface area contributed by atoms with E-state index in [1.165, 1.54) is 54.4 Å². The van der Waals surface area contributed by atoms with Crippen LogP contribution in [-0.2, 0) is 19.1 Å². The van der Waals surface area contributed by atoms with Gasteiger partial charge in [-0.3, -0.25) is 9.59 Å². The van der Waals surface area contributed by atoms with Gasteiger partial charge in [-0.25, -0.2) is 9.59 Å². The van der Waals surface area contributed by atoms with Gasteiger partial charge in [0.1, 0.15) is 34.5 Å². The van der Waals surface area contributed by atoms with Gasteiger partial charge in [-0.15, -0.1) is 0 Å². The number of hydrogen-bond acceptors (Lipinski definition) is 12. The lowest BCUT2D eigenvalue weighted by molar-refractivity contribution is -0.132. The van der Waals surface area contributed by atoms with E-state index in [-0.39, 0.29) is 58.8 Å². The minimum absolute atomic E-state index is 0.0822. The number of esters is 4. The summed E-state index contributed by atoms with van der Waals surface area (Å²) in [6.45, 7) is 6.08. The van der Waals surface area contributed by atoms with Crippen molar-refractivity contribution in [3.8, 4) is 45.6 Å². The van der Waals surface area contributed by atoms with Gasteiger partial charge in [-0.2, -0.15) is 0 Å². The summed E-state index contributed by atoms with van der Waals surface area (Å²) in [4.78, 5) is 49.8. The number of benzene rings is 4. The number of methoxy groups -OCH3 is 4. The lowest BCUT2D eigenvalue weighted by Gasteiger charge is -2.23. The van der Waals surface area contributed by atoms with Crippen LogP contribution in [0, 0.1) is 0 Å². The highest BCUT2D eigenvalue weighted by Gasteiger charge is 2.29. The first-order valence-electron chi connectivity index (χ1n) is 14.2. The van der Waals surface area contributed by atoms with Crippen molar-refractivity contribution in [2.45, 2.75) is 27.7 Å². The summed E-state index contributed by atoms with van der Waals surface area (Å²) < 4.78 is 45.0. The van der Waals surface area contributed by atoms with Crippen LogP contribution in [0.5, 0.6) is 34.5 Å². The normalized spacial score (nSPS) is 10.7. The fourth-order valence-corrected chi connectivity index (χ4v) is 5.19. The van der Waals surface area contributed by atoms with Crippen LogP contribution < -0.4 is 28.4 Å². The summed E-state index contributed by atoms with van der Waals surface area (Å²) in [7, 11) is 5.75. The summed E-state index contributed by atoms with van der Waals surface area (Å²) in [5, 5.41) is 1.57. The second kappa shape index (κ2) is 14.1. The van der Waals surface area contributed by atoms with Crippen LogP contribution >= 0.6 is 0 Å². The Balaban J connectivity index is 2.21. The Morgan fingerprint density at radius 1 is 0.500 bits per heavy atom. The third-order valence-electron chi connectivity index (χ3n) is 6.90. The SMILES string of the molecule is CCOC(=O)c1cc(OC(C)=O)c2cc(OC)c(-c3c(OC)cc4c(OC(C)=O)cc(C(=O)OCC)cc4c3OC)c(OC)c2c1. The maximum Gasteiger partial charge on any atom is 0.338 e. The third kappa shape index (κ3) is 6.32. The zero-order valence-corrected chi connectivity index (χ0v) is 26.8. The van der Waals surface area contributed by atoms with E-state index in [1.54, 1.807) is 38.1 Å². The van der Waals surface area contributed by atoms with Crippen molar-refractivity contribution in [1.82, 2.24) is 0 Å². The van der Waals surface area contributed by atoms with Gasteiger partial charge in [-0.05, 0) is 50.2 Å². The number of fused-ring (bicyclic) bond motifs is 2. The molecular formula is C34H34O12. The summed E-state index contributed by atoms with van der Waals surface area (Å²) in [5.74, 6) is -1.37. The largest absolute Gasteiger partial charge is 0.496 e. The minimum atomic E-state index is -0.636. The Bertz CT molecular complexity index is 1720. The lowest BCUT2D eigenvalue weighted by atomic mass is 9.92. The van der Waals surface area contributed by atoms with E-state index in [4.69, 9.17) is 37.9 Å². The number of rotatable bonds is 11. The zero-order valence-electron chi connectivity index (χ0n) is 26.8. The van der Waals surface area contributed by atoms with E-state index in [1.807, 2.05) is 0 Å². The number of hydrogen-bond donors (Lipinski definition) is 0. The molecule has 0 N–H and O–H groups in total.